The molecular weight excluding hydrogens is 309 g/mol. The molecule has 126 valence electrons. The van der Waals surface area contributed by atoms with Crippen molar-refractivity contribution in [2.24, 2.45) is 5.92 Å². The van der Waals surface area contributed by atoms with Gasteiger partial charge in [-0.05, 0) is 18.9 Å². The second-order valence-electron chi connectivity index (χ2n) is 6.11. The Balaban J connectivity index is 1.86. The molecular formula is C18H20FN3O2. The summed E-state index contributed by atoms with van der Waals surface area (Å²) in [5.41, 5.74) is 2.55. The molecule has 1 unspecified atom stereocenters. The van der Waals surface area contributed by atoms with E-state index in [4.69, 9.17) is 0 Å². The Morgan fingerprint density at radius 1 is 1.42 bits per heavy atom. The quantitative estimate of drug-likeness (QED) is 0.786. The summed E-state index contributed by atoms with van der Waals surface area (Å²) < 4.78 is 13.3. The molecule has 0 bridgehead atoms. The topological polar surface area (TPSA) is 74.2 Å². The molecule has 3 rings (SSSR count). The Kier molecular flexibility index (Phi) is 4.76. The van der Waals surface area contributed by atoms with Gasteiger partial charge in [-0.2, -0.15) is 0 Å². The van der Waals surface area contributed by atoms with Gasteiger partial charge in [-0.15, -0.1) is 0 Å². The summed E-state index contributed by atoms with van der Waals surface area (Å²) in [6.07, 6.45) is 1.87. The van der Waals surface area contributed by atoms with Crippen LogP contribution in [0.3, 0.4) is 0 Å². The molecule has 1 aromatic heterocycles. The molecule has 3 atom stereocenters. The van der Waals surface area contributed by atoms with Crippen LogP contribution in [-0.4, -0.2) is 28.6 Å². The maximum Gasteiger partial charge on any atom is 0.320 e. The van der Waals surface area contributed by atoms with Gasteiger partial charge >= 0.3 is 5.97 Å². The third kappa shape index (κ3) is 3.54. The molecule has 0 saturated carbocycles. The minimum Gasteiger partial charge on any atom is -0.480 e. The second kappa shape index (κ2) is 6.97. The van der Waals surface area contributed by atoms with Crippen molar-refractivity contribution >= 4 is 11.7 Å². The van der Waals surface area contributed by atoms with Crippen LogP contribution in [0.4, 0.5) is 10.1 Å². The van der Waals surface area contributed by atoms with Crippen LogP contribution in [0.2, 0.25) is 0 Å². The van der Waals surface area contributed by atoms with Gasteiger partial charge in [0.05, 0.1) is 17.6 Å². The van der Waals surface area contributed by atoms with Crippen LogP contribution in [0.5, 0.6) is 0 Å². The fourth-order valence-electron chi connectivity index (χ4n) is 3.09. The highest BCUT2D eigenvalue weighted by molar-refractivity contribution is 5.72. The van der Waals surface area contributed by atoms with Crippen molar-refractivity contribution in [3.63, 3.8) is 0 Å². The number of carboxylic acid groups (broad SMARTS) is 1. The maximum absolute atomic E-state index is 13.3. The molecule has 0 fully saturated rings. The number of carboxylic acids is 1. The molecule has 1 aromatic carbocycles. The summed E-state index contributed by atoms with van der Waals surface area (Å²) in [7, 11) is 0. The lowest BCUT2D eigenvalue weighted by Crippen LogP contribution is -2.43. The van der Waals surface area contributed by atoms with Gasteiger partial charge in [-0.1, -0.05) is 30.3 Å². The number of hydrogen-bond acceptors (Lipinski definition) is 4. The van der Waals surface area contributed by atoms with E-state index in [1.54, 1.807) is 6.92 Å². The molecule has 2 heterocycles. The SMILES string of the molecule is CC(N[C@H](c1ccccc1)[C@H]1CNc2cc(F)cnc2C1)C(=O)O. The van der Waals surface area contributed by atoms with E-state index in [2.05, 4.69) is 15.6 Å². The molecule has 3 N–H and O–H groups in total. The summed E-state index contributed by atoms with van der Waals surface area (Å²) in [5.74, 6) is -1.14. The molecule has 5 nitrogen and oxygen atoms in total. The van der Waals surface area contributed by atoms with E-state index in [0.29, 0.717) is 18.7 Å². The lowest BCUT2D eigenvalue weighted by atomic mass is 9.86. The first kappa shape index (κ1) is 16.4. The third-order valence-electron chi connectivity index (χ3n) is 4.38. The number of rotatable bonds is 5. The predicted molar refractivity (Wildman–Crippen MR) is 89.3 cm³/mol. The van der Waals surface area contributed by atoms with Crippen molar-refractivity contribution in [1.82, 2.24) is 10.3 Å². The van der Waals surface area contributed by atoms with Gasteiger partial charge < -0.3 is 10.4 Å². The normalized spacial score (nSPS) is 19.0. The predicted octanol–water partition coefficient (Wildman–Crippen LogP) is 2.61. The number of nitrogens with one attached hydrogen (secondary N) is 2. The van der Waals surface area contributed by atoms with E-state index in [0.717, 1.165) is 11.3 Å². The minimum atomic E-state index is -0.889. The van der Waals surface area contributed by atoms with E-state index in [1.165, 1.54) is 12.3 Å². The van der Waals surface area contributed by atoms with Crippen molar-refractivity contribution < 1.29 is 14.3 Å². The largest absolute Gasteiger partial charge is 0.480 e. The fourth-order valence-corrected chi connectivity index (χ4v) is 3.09. The van der Waals surface area contributed by atoms with E-state index in [1.807, 2.05) is 30.3 Å². The van der Waals surface area contributed by atoms with Crippen LogP contribution in [0.1, 0.15) is 24.2 Å². The van der Waals surface area contributed by atoms with Crippen LogP contribution in [0, 0.1) is 11.7 Å². The van der Waals surface area contributed by atoms with Gasteiger partial charge in [-0.25, -0.2) is 4.39 Å². The molecule has 6 heteroatoms. The molecule has 0 saturated heterocycles. The number of fused-ring (bicyclic) bond motifs is 1. The molecule has 0 aliphatic carbocycles. The summed E-state index contributed by atoms with van der Waals surface area (Å²) in [5, 5.41) is 15.7. The first-order valence-corrected chi connectivity index (χ1v) is 7.96. The van der Waals surface area contributed by atoms with Gasteiger partial charge in [-0.3, -0.25) is 15.1 Å². The van der Waals surface area contributed by atoms with Crippen LogP contribution in [0.25, 0.3) is 0 Å². The molecule has 24 heavy (non-hydrogen) atoms. The molecule has 2 aromatic rings. The van der Waals surface area contributed by atoms with Gasteiger partial charge in [0.1, 0.15) is 11.9 Å². The Hall–Kier alpha value is -2.47. The van der Waals surface area contributed by atoms with E-state index < -0.39 is 12.0 Å². The van der Waals surface area contributed by atoms with Crippen molar-refractivity contribution in [3.05, 3.63) is 59.7 Å². The third-order valence-corrected chi connectivity index (χ3v) is 4.38. The fraction of sp³-hybridized carbons (Fsp3) is 0.333. The van der Waals surface area contributed by atoms with E-state index >= 15 is 0 Å². The minimum absolute atomic E-state index is 0.111. The number of aliphatic carboxylic acids is 1. The molecule has 0 amide bonds. The van der Waals surface area contributed by atoms with Crippen LogP contribution in [0.15, 0.2) is 42.6 Å². The Labute approximate surface area is 139 Å². The Bertz CT molecular complexity index is 723. The summed E-state index contributed by atoms with van der Waals surface area (Å²) in [4.78, 5) is 15.4. The zero-order chi connectivity index (χ0) is 17.1. The van der Waals surface area contributed by atoms with Crippen LogP contribution in [-0.2, 0) is 11.2 Å². The van der Waals surface area contributed by atoms with Crippen molar-refractivity contribution in [3.8, 4) is 0 Å². The maximum atomic E-state index is 13.3. The highest BCUT2D eigenvalue weighted by Crippen LogP contribution is 2.31. The van der Waals surface area contributed by atoms with E-state index in [9.17, 15) is 14.3 Å². The standard InChI is InChI=1S/C18H20FN3O2/c1-11(18(23)24)22-17(12-5-3-2-4-6-12)13-7-15-16(20-9-13)8-14(19)10-21-15/h2-6,8,10-11,13,17,20,22H,7,9H2,1H3,(H,23,24)/t11?,13-,17-/m1/s1. The Morgan fingerprint density at radius 3 is 2.88 bits per heavy atom. The average molecular weight is 329 g/mol. The van der Waals surface area contributed by atoms with Crippen LogP contribution >= 0.6 is 0 Å². The lowest BCUT2D eigenvalue weighted by Gasteiger charge is -2.34. The van der Waals surface area contributed by atoms with Gasteiger partial charge in [0, 0.05) is 24.6 Å². The van der Waals surface area contributed by atoms with Gasteiger partial charge in [0.15, 0.2) is 0 Å². The Morgan fingerprint density at radius 2 is 2.17 bits per heavy atom. The first-order valence-electron chi connectivity index (χ1n) is 7.96. The number of carbonyl (C=O) groups is 1. The van der Waals surface area contributed by atoms with Gasteiger partial charge in [0.2, 0.25) is 0 Å². The number of halogens is 1. The highest BCUT2D eigenvalue weighted by Gasteiger charge is 2.30. The monoisotopic (exact) mass is 329 g/mol. The summed E-state index contributed by atoms with van der Waals surface area (Å²) >= 11 is 0. The molecule has 0 spiro atoms. The lowest BCUT2D eigenvalue weighted by molar-refractivity contribution is -0.139. The molecule has 1 aliphatic rings. The van der Waals surface area contributed by atoms with Gasteiger partial charge in [0.25, 0.3) is 0 Å². The summed E-state index contributed by atoms with van der Waals surface area (Å²) in [6, 6.07) is 10.4. The smallest absolute Gasteiger partial charge is 0.320 e. The number of nitrogens with zero attached hydrogens (tertiary/aromatic N) is 1. The second-order valence-corrected chi connectivity index (χ2v) is 6.11. The number of benzene rings is 1. The van der Waals surface area contributed by atoms with Crippen molar-refractivity contribution in [1.29, 1.82) is 0 Å². The first-order chi connectivity index (χ1) is 11.5. The average Bonchev–Trinajstić information content (AvgIpc) is 2.59. The number of anilines is 1. The number of pyridine rings is 1. The zero-order valence-electron chi connectivity index (χ0n) is 13.4. The van der Waals surface area contributed by atoms with Crippen molar-refractivity contribution in [2.75, 3.05) is 11.9 Å². The molecule has 1 aliphatic heterocycles. The number of hydrogen-bond donors (Lipinski definition) is 3. The zero-order valence-corrected chi connectivity index (χ0v) is 13.4. The summed E-state index contributed by atoms with van der Waals surface area (Å²) in [6.45, 7) is 2.26. The van der Waals surface area contributed by atoms with Crippen LogP contribution < -0.4 is 10.6 Å². The van der Waals surface area contributed by atoms with E-state index in [-0.39, 0.29) is 17.8 Å². The molecule has 0 radical (unpaired) electrons. The highest BCUT2D eigenvalue weighted by atomic mass is 19.1. The van der Waals surface area contributed by atoms with Crippen molar-refractivity contribution in [2.45, 2.75) is 25.4 Å². The number of aromatic nitrogens is 1.